The van der Waals surface area contributed by atoms with E-state index in [0.717, 1.165) is 22.5 Å². The minimum Gasteiger partial charge on any atom is -0.481 e. The SMILES string of the molecule is COc1ccc(-c2cccn3nc(Nc4ccccc4)nc23)cn1. The van der Waals surface area contributed by atoms with E-state index in [1.165, 1.54) is 0 Å². The number of fused-ring (bicyclic) bond motifs is 1. The lowest BCUT2D eigenvalue weighted by molar-refractivity contribution is 0.398. The normalized spacial score (nSPS) is 10.7. The maximum Gasteiger partial charge on any atom is 0.247 e. The van der Waals surface area contributed by atoms with Gasteiger partial charge in [-0.15, -0.1) is 5.10 Å². The van der Waals surface area contributed by atoms with Gasteiger partial charge < -0.3 is 10.1 Å². The molecule has 0 bridgehead atoms. The Morgan fingerprint density at radius 3 is 2.62 bits per heavy atom. The Morgan fingerprint density at radius 2 is 1.88 bits per heavy atom. The minimum atomic E-state index is 0.551. The zero-order valence-corrected chi connectivity index (χ0v) is 13.0. The summed E-state index contributed by atoms with van der Waals surface area (Å²) in [5.41, 5.74) is 3.63. The number of hydrogen-bond donors (Lipinski definition) is 1. The van der Waals surface area contributed by atoms with Gasteiger partial charge in [-0.3, -0.25) is 0 Å². The van der Waals surface area contributed by atoms with Crippen molar-refractivity contribution < 1.29 is 4.74 Å². The van der Waals surface area contributed by atoms with Gasteiger partial charge in [-0.1, -0.05) is 18.2 Å². The van der Waals surface area contributed by atoms with Crippen LogP contribution in [0.25, 0.3) is 16.8 Å². The molecule has 0 amide bonds. The number of aromatic nitrogens is 4. The summed E-state index contributed by atoms with van der Waals surface area (Å²) >= 11 is 0. The van der Waals surface area contributed by atoms with E-state index < -0.39 is 0 Å². The Bertz CT molecular complexity index is 964. The van der Waals surface area contributed by atoms with Crippen LogP contribution in [0.1, 0.15) is 0 Å². The van der Waals surface area contributed by atoms with Crippen LogP contribution in [0.5, 0.6) is 5.88 Å². The molecule has 0 aliphatic heterocycles. The van der Waals surface area contributed by atoms with E-state index in [-0.39, 0.29) is 0 Å². The maximum atomic E-state index is 5.11. The Labute approximate surface area is 138 Å². The second-order valence-electron chi connectivity index (χ2n) is 5.21. The van der Waals surface area contributed by atoms with Crippen LogP contribution in [0.15, 0.2) is 67.0 Å². The van der Waals surface area contributed by atoms with E-state index in [9.17, 15) is 0 Å². The van der Waals surface area contributed by atoms with Gasteiger partial charge in [0, 0.05) is 35.3 Å². The van der Waals surface area contributed by atoms with Crippen LogP contribution in [-0.2, 0) is 0 Å². The number of rotatable bonds is 4. The molecule has 4 rings (SSSR count). The van der Waals surface area contributed by atoms with E-state index >= 15 is 0 Å². The summed E-state index contributed by atoms with van der Waals surface area (Å²) < 4.78 is 6.86. The predicted octanol–water partition coefficient (Wildman–Crippen LogP) is 3.54. The number of pyridine rings is 2. The molecule has 0 saturated carbocycles. The smallest absolute Gasteiger partial charge is 0.247 e. The molecule has 0 spiro atoms. The highest BCUT2D eigenvalue weighted by Crippen LogP contribution is 2.25. The summed E-state index contributed by atoms with van der Waals surface area (Å²) in [6, 6.07) is 17.6. The summed E-state index contributed by atoms with van der Waals surface area (Å²) in [6.45, 7) is 0. The fourth-order valence-electron chi connectivity index (χ4n) is 2.50. The van der Waals surface area contributed by atoms with Gasteiger partial charge >= 0.3 is 0 Å². The van der Waals surface area contributed by atoms with Gasteiger partial charge in [0.05, 0.1) is 7.11 Å². The Kier molecular flexibility index (Phi) is 3.55. The lowest BCUT2D eigenvalue weighted by Crippen LogP contribution is -1.92. The molecule has 24 heavy (non-hydrogen) atoms. The van der Waals surface area contributed by atoms with Crippen LogP contribution in [0.4, 0.5) is 11.6 Å². The van der Waals surface area contributed by atoms with E-state index in [1.807, 2.05) is 60.8 Å². The highest BCUT2D eigenvalue weighted by molar-refractivity contribution is 5.77. The molecule has 0 unspecified atom stereocenters. The fourth-order valence-corrected chi connectivity index (χ4v) is 2.50. The first kappa shape index (κ1) is 14.2. The average molecular weight is 317 g/mol. The van der Waals surface area contributed by atoms with Crippen molar-refractivity contribution in [2.24, 2.45) is 0 Å². The van der Waals surface area contributed by atoms with Crippen LogP contribution in [0.3, 0.4) is 0 Å². The number of hydrogen-bond acceptors (Lipinski definition) is 5. The zero-order valence-electron chi connectivity index (χ0n) is 13.0. The van der Waals surface area contributed by atoms with Crippen molar-refractivity contribution in [2.45, 2.75) is 0 Å². The second-order valence-corrected chi connectivity index (χ2v) is 5.21. The van der Waals surface area contributed by atoms with Crippen molar-refractivity contribution in [3.05, 3.63) is 67.0 Å². The van der Waals surface area contributed by atoms with Gasteiger partial charge in [-0.25, -0.2) is 9.50 Å². The Morgan fingerprint density at radius 1 is 1.00 bits per heavy atom. The number of methoxy groups -OCH3 is 1. The van der Waals surface area contributed by atoms with E-state index in [0.29, 0.717) is 11.8 Å². The third-order valence-corrected chi connectivity index (χ3v) is 3.65. The van der Waals surface area contributed by atoms with Crippen molar-refractivity contribution in [2.75, 3.05) is 12.4 Å². The topological polar surface area (TPSA) is 64.3 Å². The van der Waals surface area contributed by atoms with Crippen LogP contribution < -0.4 is 10.1 Å². The minimum absolute atomic E-state index is 0.551. The number of nitrogens with zero attached hydrogens (tertiary/aromatic N) is 4. The molecule has 3 heterocycles. The van der Waals surface area contributed by atoms with Crippen molar-refractivity contribution in [3.63, 3.8) is 0 Å². The molecule has 0 atom stereocenters. The molecule has 6 heteroatoms. The molecular formula is C18H15N5O. The highest BCUT2D eigenvalue weighted by Gasteiger charge is 2.10. The first-order valence-electron chi connectivity index (χ1n) is 7.51. The molecule has 0 aliphatic carbocycles. The predicted molar refractivity (Wildman–Crippen MR) is 92.5 cm³/mol. The van der Waals surface area contributed by atoms with Crippen molar-refractivity contribution >= 4 is 17.3 Å². The molecule has 1 aromatic carbocycles. The van der Waals surface area contributed by atoms with Crippen molar-refractivity contribution in [1.82, 2.24) is 19.6 Å². The molecule has 0 saturated heterocycles. The summed E-state index contributed by atoms with van der Waals surface area (Å²) in [6.07, 6.45) is 3.64. The van der Waals surface area contributed by atoms with Crippen LogP contribution in [-0.4, -0.2) is 26.7 Å². The van der Waals surface area contributed by atoms with Gasteiger partial charge in [0.15, 0.2) is 5.65 Å². The summed E-state index contributed by atoms with van der Waals surface area (Å²) in [7, 11) is 1.60. The van der Waals surface area contributed by atoms with Crippen LogP contribution in [0, 0.1) is 0 Å². The third-order valence-electron chi connectivity index (χ3n) is 3.65. The number of nitrogens with one attached hydrogen (secondary N) is 1. The standard InChI is InChI=1S/C18H15N5O/c1-24-16-10-9-13(12-19-16)15-8-5-11-23-17(15)21-18(22-23)20-14-6-3-2-4-7-14/h2-12H,1H3,(H,20,22). The third kappa shape index (κ3) is 2.65. The monoisotopic (exact) mass is 317 g/mol. The first-order chi connectivity index (χ1) is 11.8. The molecular weight excluding hydrogens is 302 g/mol. The van der Waals surface area contributed by atoms with Gasteiger partial charge in [-0.2, -0.15) is 4.98 Å². The fraction of sp³-hybridized carbons (Fsp3) is 0.0556. The van der Waals surface area contributed by atoms with Crippen molar-refractivity contribution in [1.29, 1.82) is 0 Å². The van der Waals surface area contributed by atoms with E-state index in [4.69, 9.17) is 4.74 Å². The highest BCUT2D eigenvalue weighted by atomic mass is 16.5. The largest absolute Gasteiger partial charge is 0.481 e. The van der Waals surface area contributed by atoms with Gasteiger partial charge in [-0.05, 0) is 30.3 Å². The van der Waals surface area contributed by atoms with E-state index in [2.05, 4.69) is 20.4 Å². The molecule has 118 valence electrons. The van der Waals surface area contributed by atoms with Crippen LogP contribution in [0.2, 0.25) is 0 Å². The van der Waals surface area contributed by atoms with E-state index in [1.54, 1.807) is 17.8 Å². The molecule has 0 aliphatic rings. The summed E-state index contributed by atoms with van der Waals surface area (Å²) in [5, 5.41) is 7.69. The second kappa shape index (κ2) is 6.00. The van der Waals surface area contributed by atoms with Crippen molar-refractivity contribution in [3.8, 4) is 17.0 Å². The quantitative estimate of drug-likeness (QED) is 0.623. The molecule has 3 aromatic heterocycles. The Hall–Kier alpha value is -3.41. The van der Waals surface area contributed by atoms with Gasteiger partial charge in [0.2, 0.25) is 11.8 Å². The average Bonchev–Trinajstić information content (AvgIpc) is 3.05. The molecule has 4 aromatic rings. The summed E-state index contributed by atoms with van der Waals surface area (Å²) in [4.78, 5) is 8.87. The van der Waals surface area contributed by atoms with Gasteiger partial charge in [0.1, 0.15) is 0 Å². The maximum absolute atomic E-state index is 5.11. The molecule has 1 N–H and O–H groups in total. The lowest BCUT2D eigenvalue weighted by atomic mass is 10.1. The number of ether oxygens (including phenoxy) is 1. The zero-order chi connectivity index (χ0) is 16.4. The molecule has 6 nitrogen and oxygen atoms in total. The number of benzene rings is 1. The summed E-state index contributed by atoms with van der Waals surface area (Å²) in [5.74, 6) is 1.13. The number of para-hydroxylation sites is 1. The number of anilines is 2. The Balaban J connectivity index is 1.74. The van der Waals surface area contributed by atoms with Gasteiger partial charge in [0.25, 0.3) is 0 Å². The molecule has 0 fully saturated rings. The first-order valence-corrected chi connectivity index (χ1v) is 7.51. The molecule has 0 radical (unpaired) electrons. The lowest BCUT2D eigenvalue weighted by Gasteiger charge is -2.03. The van der Waals surface area contributed by atoms with Crippen LogP contribution >= 0.6 is 0 Å².